The first kappa shape index (κ1) is 13.5. The summed E-state index contributed by atoms with van der Waals surface area (Å²) >= 11 is 1.45. The summed E-state index contributed by atoms with van der Waals surface area (Å²) in [6, 6.07) is 9.97. The van der Waals surface area contributed by atoms with Gasteiger partial charge in [0.25, 0.3) is 0 Å². The molecule has 1 atom stereocenters. The Balaban J connectivity index is 2.01. The zero-order chi connectivity index (χ0) is 13.1. The first-order valence-electron chi connectivity index (χ1n) is 6.10. The Morgan fingerprint density at radius 1 is 1.28 bits per heavy atom. The van der Waals surface area contributed by atoms with Gasteiger partial charge in [0.15, 0.2) is 0 Å². The maximum Gasteiger partial charge on any atom is 0.131 e. The highest BCUT2D eigenvalue weighted by atomic mass is 32.2. The molecular weight excluding hydrogens is 244 g/mol. The molecule has 1 aliphatic rings. The zero-order valence-electron chi connectivity index (χ0n) is 10.8. The Hall–Kier alpha value is -0.950. The minimum absolute atomic E-state index is 0.293. The van der Waals surface area contributed by atoms with Crippen molar-refractivity contribution < 1.29 is 9.84 Å². The average molecular weight is 262 g/mol. The number of aliphatic hydroxyl groups is 1. The summed E-state index contributed by atoms with van der Waals surface area (Å²) in [6.07, 6.45) is 1.14. The summed E-state index contributed by atoms with van der Waals surface area (Å²) in [5.74, 6) is 2.99. The predicted molar refractivity (Wildman–Crippen MR) is 74.3 cm³/mol. The minimum Gasteiger partial charge on any atom is -0.377 e. The first-order chi connectivity index (χ1) is 8.49. The second-order valence-electron chi connectivity index (χ2n) is 5.21. The molecule has 0 bridgehead atoms. The van der Waals surface area contributed by atoms with Crippen LogP contribution in [0.5, 0.6) is 0 Å². The van der Waals surface area contributed by atoms with E-state index in [1.54, 1.807) is 0 Å². The van der Waals surface area contributed by atoms with Gasteiger partial charge in [-0.3, -0.25) is 0 Å². The summed E-state index contributed by atoms with van der Waals surface area (Å²) in [7, 11) is 0. The fraction of sp³-hybridized carbons (Fsp3) is 0.467. The maximum absolute atomic E-state index is 10.4. The van der Waals surface area contributed by atoms with Crippen LogP contribution in [0.2, 0.25) is 0 Å². The van der Waals surface area contributed by atoms with Gasteiger partial charge in [0.1, 0.15) is 5.60 Å². The van der Waals surface area contributed by atoms with Gasteiger partial charge >= 0.3 is 0 Å². The van der Waals surface area contributed by atoms with Gasteiger partial charge in [-0.05, 0) is 43.0 Å². The maximum atomic E-state index is 10.4. The molecule has 18 heavy (non-hydrogen) atoms. The second-order valence-corrected chi connectivity index (χ2v) is 6.09. The molecule has 0 amide bonds. The molecule has 96 valence electrons. The third-order valence-corrected chi connectivity index (χ3v) is 3.63. The highest BCUT2D eigenvalue weighted by Crippen LogP contribution is 2.31. The van der Waals surface area contributed by atoms with E-state index in [1.807, 2.05) is 44.2 Å². The lowest BCUT2D eigenvalue weighted by Gasteiger charge is -2.38. The van der Waals surface area contributed by atoms with Gasteiger partial charge in [0, 0.05) is 17.7 Å². The van der Waals surface area contributed by atoms with E-state index in [1.165, 1.54) is 11.8 Å². The van der Waals surface area contributed by atoms with Crippen molar-refractivity contribution in [1.29, 1.82) is 0 Å². The molecule has 1 heterocycles. The largest absolute Gasteiger partial charge is 0.377 e. The van der Waals surface area contributed by atoms with E-state index in [9.17, 15) is 5.11 Å². The van der Waals surface area contributed by atoms with Gasteiger partial charge in [0.05, 0.1) is 12.2 Å². The Morgan fingerprint density at radius 2 is 2.00 bits per heavy atom. The third kappa shape index (κ3) is 3.78. The van der Waals surface area contributed by atoms with E-state index in [4.69, 9.17) is 4.74 Å². The molecule has 2 nitrogen and oxygen atoms in total. The molecule has 0 aromatic heterocycles. The lowest BCUT2D eigenvalue weighted by molar-refractivity contribution is -0.120. The van der Waals surface area contributed by atoms with Gasteiger partial charge in [-0.15, -0.1) is 0 Å². The van der Waals surface area contributed by atoms with Crippen LogP contribution in [0.1, 0.15) is 26.7 Å². The van der Waals surface area contributed by atoms with Gasteiger partial charge in [0.2, 0.25) is 0 Å². The quantitative estimate of drug-likeness (QED) is 0.623. The number of ether oxygens (including phenoxy) is 1. The number of hydrogen-bond acceptors (Lipinski definition) is 3. The molecule has 1 unspecified atom stereocenters. The monoisotopic (exact) mass is 262 g/mol. The number of hydrogen-bond donors (Lipinski definition) is 1. The molecule has 1 aromatic carbocycles. The van der Waals surface area contributed by atoms with Crippen molar-refractivity contribution in [3.63, 3.8) is 0 Å². The second kappa shape index (κ2) is 5.36. The van der Waals surface area contributed by atoms with Crippen LogP contribution in [0.15, 0.2) is 35.2 Å². The molecule has 1 N–H and O–H groups in total. The Kier molecular flexibility index (Phi) is 4.01. The number of thioether (sulfide) groups is 1. The Bertz CT molecular complexity index is 458. The lowest BCUT2D eigenvalue weighted by atomic mass is 9.85. The Morgan fingerprint density at radius 3 is 2.67 bits per heavy atom. The van der Waals surface area contributed by atoms with E-state index >= 15 is 0 Å². The number of benzene rings is 1. The average Bonchev–Trinajstić information content (AvgIpc) is 2.28. The molecule has 2 rings (SSSR count). The number of rotatable bonds is 1. The highest BCUT2D eigenvalue weighted by molar-refractivity contribution is 8.03. The van der Waals surface area contributed by atoms with Crippen molar-refractivity contribution in [3.8, 4) is 11.2 Å². The normalized spacial score (nSPS) is 26.2. The van der Waals surface area contributed by atoms with Gasteiger partial charge in [-0.1, -0.05) is 24.1 Å². The van der Waals surface area contributed by atoms with Gasteiger partial charge < -0.3 is 9.84 Å². The molecule has 0 radical (unpaired) electrons. The van der Waals surface area contributed by atoms with Crippen LogP contribution in [0.3, 0.4) is 0 Å². The van der Waals surface area contributed by atoms with Gasteiger partial charge in [-0.25, -0.2) is 0 Å². The summed E-state index contributed by atoms with van der Waals surface area (Å²) in [5.41, 5.74) is -1.21. The molecule has 0 aliphatic carbocycles. The van der Waals surface area contributed by atoms with E-state index in [0.717, 1.165) is 4.90 Å². The standard InChI is InChI=1S/C15H18O2S/c1-14(2)12-15(16,8-10-17-14)9-11-18-13-6-4-3-5-7-13/h3-7,16H,8,10,12H2,1-2H3. The summed E-state index contributed by atoms with van der Waals surface area (Å²) in [5, 5.41) is 13.4. The van der Waals surface area contributed by atoms with Crippen molar-refractivity contribution in [3.05, 3.63) is 30.3 Å². The summed E-state index contributed by atoms with van der Waals surface area (Å²) in [6.45, 7) is 4.54. The van der Waals surface area contributed by atoms with Gasteiger partial charge in [-0.2, -0.15) is 0 Å². The third-order valence-electron chi connectivity index (χ3n) is 2.92. The van der Waals surface area contributed by atoms with Crippen LogP contribution >= 0.6 is 11.8 Å². The van der Waals surface area contributed by atoms with Crippen molar-refractivity contribution in [1.82, 2.24) is 0 Å². The van der Waals surface area contributed by atoms with E-state index < -0.39 is 5.60 Å². The molecule has 1 fully saturated rings. The molecule has 1 aliphatic heterocycles. The fourth-order valence-corrected chi connectivity index (χ4v) is 2.77. The summed E-state index contributed by atoms with van der Waals surface area (Å²) in [4.78, 5) is 1.10. The van der Waals surface area contributed by atoms with E-state index in [2.05, 4.69) is 11.2 Å². The van der Waals surface area contributed by atoms with E-state index in [0.29, 0.717) is 19.4 Å². The summed E-state index contributed by atoms with van der Waals surface area (Å²) < 4.78 is 5.59. The van der Waals surface area contributed by atoms with Crippen LogP contribution in [-0.4, -0.2) is 22.9 Å². The van der Waals surface area contributed by atoms with Crippen LogP contribution in [0.25, 0.3) is 0 Å². The van der Waals surface area contributed by atoms with Crippen molar-refractivity contribution in [2.75, 3.05) is 6.61 Å². The lowest BCUT2D eigenvalue weighted by Crippen LogP contribution is -2.44. The smallest absolute Gasteiger partial charge is 0.131 e. The van der Waals surface area contributed by atoms with Crippen LogP contribution in [-0.2, 0) is 4.74 Å². The highest BCUT2D eigenvalue weighted by Gasteiger charge is 2.38. The van der Waals surface area contributed by atoms with Crippen molar-refractivity contribution >= 4 is 11.8 Å². The molecule has 1 aromatic rings. The SMILES string of the molecule is CC1(C)CC(O)(C#CSc2ccccc2)CCO1. The van der Waals surface area contributed by atoms with Crippen LogP contribution in [0, 0.1) is 11.2 Å². The zero-order valence-corrected chi connectivity index (χ0v) is 11.6. The molecular formula is C15H18O2S. The molecule has 0 spiro atoms. The fourth-order valence-electron chi connectivity index (χ4n) is 2.11. The van der Waals surface area contributed by atoms with E-state index in [-0.39, 0.29) is 5.60 Å². The minimum atomic E-state index is -0.913. The van der Waals surface area contributed by atoms with Crippen LogP contribution < -0.4 is 0 Å². The first-order valence-corrected chi connectivity index (χ1v) is 6.91. The molecule has 3 heteroatoms. The topological polar surface area (TPSA) is 29.5 Å². The Labute approximate surface area is 113 Å². The van der Waals surface area contributed by atoms with Crippen LogP contribution in [0.4, 0.5) is 0 Å². The molecule has 0 saturated carbocycles. The predicted octanol–water partition coefficient (Wildman–Crippen LogP) is 3.06. The molecule has 1 saturated heterocycles. The van der Waals surface area contributed by atoms with Crippen molar-refractivity contribution in [2.45, 2.75) is 42.8 Å². The van der Waals surface area contributed by atoms with Crippen molar-refractivity contribution in [2.24, 2.45) is 0 Å².